The SMILES string of the molecule is CC(C)CCC(O)C(CN)c1ccc(F)cc1Cl. The van der Waals surface area contributed by atoms with Gasteiger partial charge in [-0.3, -0.25) is 0 Å². The van der Waals surface area contributed by atoms with Crippen molar-refractivity contribution < 1.29 is 9.50 Å². The molecular formula is C14H21ClFNO. The average Bonchev–Trinajstić information content (AvgIpc) is 2.30. The molecule has 0 saturated carbocycles. The summed E-state index contributed by atoms with van der Waals surface area (Å²) in [6, 6.07) is 4.21. The maximum Gasteiger partial charge on any atom is 0.124 e. The van der Waals surface area contributed by atoms with Gasteiger partial charge in [-0.15, -0.1) is 0 Å². The molecule has 1 rings (SSSR count). The predicted molar refractivity (Wildman–Crippen MR) is 73.3 cm³/mol. The minimum atomic E-state index is -0.541. The second-order valence-electron chi connectivity index (χ2n) is 5.05. The molecule has 18 heavy (non-hydrogen) atoms. The van der Waals surface area contributed by atoms with Crippen molar-refractivity contribution in [2.45, 2.75) is 38.7 Å². The summed E-state index contributed by atoms with van der Waals surface area (Å²) >= 11 is 6.00. The van der Waals surface area contributed by atoms with Gasteiger partial charge >= 0.3 is 0 Å². The summed E-state index contributed by atoms with van der Waals surface area (Å²) in [6.45, 7) is 4.51. The Labute approximate surface area is 113 Å². The van der Waals surface area contributed by atoms with Crippen LogP contribution in [0.2, 0.25) is 5.02 Å². The first-order valence-corrected chi connectivity index (χ1v) is 6.66. The number of nitrogens with two attached hydrogens (primary N) is 1. The van der Waals surface area contributed by atoms with Crippen molar-refractivity contribution in [1.29, 1.82) is 0 Å². The van der Waals surface area contributed by atoms with Gasteiger partial charge in [0.15, 0.2) is 0 Å². The topological polar surface area (TPSA) is 46.2 Å². The van der Waals surface area contributed by atoms with E-state index in [1.54, 1.807) is 6.07 Å². The van der Waals surface area contributed by atoms with E-state index < -0.39 is 6.10 Å². The summed E-state index contributed by atoms with van der Waals surface area (Å²) in [5.41, 5.74) is 6.43. The van der Waals surface area contributed by atoms with Crippen molar-refractivity contribution >= 4 is 11.6 Å². The highest BCUT2D eigenvalue weighted by atomic mass is 35.5. The first kappa shape index (κ1) is 15.4. The van der Waals surface area contributed by atoms with E-state index in [0.29, 0.717) is 23.9 Å². The maximum absolute atomic E-state index is 13.0. The predicted octanol–water partition coefficient (Wildman–Crippen LogP) is 3.32. The first-order valence-electron chi connectivity index (χ1n) is 6.28. The van der Waals surface area contributed by atoms with Crippen LogP contribution >= 0.6 is 11.6 Å². The van der Waals surface area contributed by atoms with Gasteiger partial charge in [-0.2, -0.15) is 0 Å². The lowest BCUT2D eigenvalue weighted by atomic mass is 9.89. The molecule has 0 aromatic heterocycles. The summed E-state index contributed by atoms with van der Waals surface area (Å²) in [4.78, 5) is 0. The Balaban J connectivity index is 2.81. The summed E-state index contributed by atoms with van der Waals surface area (Å²) < 4.78 is 13.0. The van der Waals surface area contributed by atoms with Crippen LogP contribution in [-0.2, 0) is 0 Å². The van der Waals surface area contributed by atoms with Crippen LogP contribution in [0.25, 0.3) is 0 Å². The minimum Gasteiger partial charge on any atom is -0.392 e. The van der Waals surface area contributed by atoms with Gasteiger partial charge < -0.3 is 10.8 Å². The normalized spacial score (nSPS) is 14.8. The largest absolute Gasteiger partial charge is 0.392 e. The summed E-state index contributed by atoms with van der Waals surface area (Å²) in [6.07, 6.45) is 1.06. The molecule has 0 heterocycles. The third kappa shape index (κ3) is 4.23. The zero-order valence-electron chi connectivity index (χ0n) is 10.9. The van der Waals surface area contributed by atoms with E-state index in [1.165, 1.54) is 12.1 Å². The van der Waals surface area contributed by atoms with E-state index in [0.717, 1.165) is 12.0 Å². The molecule has 4 heteroatoms. The smallest absolute Gasteiger partial charge is 0.124 e. The highest BCUT2D eigenvalue weighted by Gasteiger charge is 2.22. The van der Waals surface area contributed by atoms with Crippen LogP contribution in [0, 0.1) is 11.7 Å². The van der Waals surface area contributed by atoms with Crippen LogP contribution in [0.4, 0.5) is 4.39 Å². The molecule has 0 amide bonds. The number of aliphatic hydroxyl groups is 1. The van der Waals surface area contributed by atoms with Crippen molar-refractivity contribution in [3.8, 4) is 0 Å². The summed E-state index contributed by atoms with van der Waals surface area (Å²) in [7, 11) is 0. The van der Waals surface area contributed by atoms with Gasteiger partial charge in [0.2, 0.25) is 0 Å². The molecule has 102 valence electrons. The van der Waals surface area contributed by atoms with Gasteiger partial charge in [0.25, 0.3) is 0 Å². The second kappa shape index (κ2) is 7.07. The third-order valence-corrected chi connectivity index (χ3v) is 3.45. The first-order chi connectivity index (χ1) is 8.45. The van der Waals surface area contributed by atoms with Gasteiger partial charge in [0.1, 0.15) is 5.82 Å². The molecule has 0 aliphatic heterocycles. The molecule has 2 unspecified atom stereocenters. The summed E-state index contributed by atoms with van der Waals surface area (Å²) in [5.74, 6) is -0.0881. The van der Waals surface area contributed by atoms with Crippen LogP contribution < -0.4 is 5.73 Å². The molecule has 0 radical (unpaired) electrons. The molecule has 2 atom stereocenters. The van der Waals surface area contributed by atoms with Crippen LogP contribution in [-0.4, -0.2) is 17.8 Å². The highest BCUT2D eigenvalue weighted by molar-refractivity contribution is 6.31. The lowest BCUT2D eigenvalue weighted by Gasteiger charge is -2.23. The Kier molecular flexibility index (Phi) is 6.06. The number of hydrogen-bond acceptors (Lipinski definition) is 2. The second-order valence-corrected chi connectivity index (χ2v) is 5.45. The van der Waals surface area contributed by atoms with Crippen LogP contribution in [0.1, 0.15) is 38.2 Å². The van der Waals surface area contributed by atoms with Crippen LogP contribution in [0.3, 0.4) is 0 Å². The van der Waals surface area contributed by atoms with Crippen molar-refractivity contribution in [1.82, 2.24) is 0 Å². The zero-order chi connectivity index (χ0) is 13.7. The van der Waals surface area contributed by atoms with E-state index in [4.69, 9.17) is 17.3 Å². The minimum absolute atomic E-state index is 0.239. The fourth-order valence-corrected chi connectivity index (χ4v) is 2.31. The van der Waals surface area contributed by atoms with Gasteiger partial charge in [-0.1, -0.05) is 31.5 Å². The monoisotopic (exact) mass is 273 g/mol. The Morgan fingerprint density at radius 1 is 1.33 bits per heavy atom. The lowest BCUT2D eigenvalue weighted by Crippen LogP contribution is -2.26. The molecule has 0 saturated heterocycles. The van der Waals surface area contributed by atoms with E-state index in [2.05, 4.69) is 13.8 Å². The zero-order valence-corrected chi connectivity index (χ0v) is 11.6. The molecule has 1 aromatic carbocycles. The molecule has 0 bridgehead atoms. The number of halogens is 2. The van der Waals surface area contributed by atoms with Gasteiger partial charge in [-0.25, -0.2) is 4.39 Å². The van der Waals surface area contributed by atoms with Crippen LogP contribution in [0.15, 0.2) is 18.2 Å². The van der Waals surface area contributed by atoms with E-state index in [-0.39, 0.29) is 11.7 Å². The van der Waals surface area contributed by atoms with E-state index in [1.807, 2.05) is 0 Å². The number of benzene rings is 1. The van der Waals surface area contributed by atoms with E-state index in [9.17, 15) is 9.50 Å². The standard InChI is InChI=1S/C14H21ClFNO/c1-9(2)3-6-14(18)12(8-17)11-5-4-10(16)7-13(11)15/h4-5,7,9,12,14,18H,3,6,8,17H2,1-2H3. The number of rotatable bonds is 6. The van der Waals surface area contributed by atoms with Gasteiger partial charge in [-0.05, 0) is 36.5 Å². The lowest BCUT2D eigenvalue weighted by molar-refractivity contribution is 0.129. The van der Waals surface area contributed by atoms with Gasteiger partial charge in [0, 0.05) is 17.5 Å². The van der Waals surface area contributed by atoms with Crippen molar-refractivity contribution in [3.63, 3.8) is 0 Å². The number of aliphatic hydroxyl groups excluding tert-OH is 1. The van der Waals surface area contributed by atoms with Crippen LogP contribution in [0.5, 0.6) is 0 Å². The fraction of sp³-hybridized carbons (Fsp3) is 0.571. The van der Waals surface area contributed by atoms with Gasteiger partial charge in [0.05, 0.1) is 6.10 Å². The highest BCUT2D eigenvalue weighted by Crippen LogP contribution is 2.29. The molecule has 0 fully saturated rings. The molecule has 0 aliphatic carbocycles. The fourth-order valence-electron chi connectivity index (χ4n) is 2.00. The molecule has 0 spiro atoms. The Bertz CT molecular complexity index is 384. The molecule has 1 aromatic rings. The Hall–Kier alpha value is -0.640. The number of hydrogen-bond donors (Lipinski definition) is 2. The Morgan fingerprint density at radius 2 is 2.00 bits per heavy atom. The van der Waals surface area contributed by atoms with E-state index >= 15 is 0 Å². The van der Waals surface area contributed by atoms with Crippen molar-refractivity contribution in [2.24, 2.45) is 11.7 Å². The Morgan fingerprint density at radius 3 is 2.50 bits per heavy atom. The maximum atomic E-state index is 13.0. The quantitative estimate of drug-likeness (QED) is 0.835. The molecule has 3 N–H and O–H groups in total. The van der Waals surface area contributed by atoms with Crippen molar-refractivity contribution in [2.75, 3.05) is 6.54 Å². The summed E-state index contributed by atoms with van der Waals surface area (Å²) in [5, 5.41) is 10.5. The molecule has 0 aliphatic rings. The molecule has 2 nitrogen and oxygen atoms in total. The average molecular weight is 274 g/mol. The molecular weight excluding hydrogens is 253 g/mol. The third-order valence-electron chi connectivity index (χ3n) is 3.12. The van der Waals surface area contributed by atoms with Crippen molar-refractivity contribution in [3.05, 3.63) is 34.6 Å².